The van der Waals surface area contributed by atoms with Gasteiger partial charge in [-0.25, -0.2) is 21.8 Å². The Bertz CT molecular complexity index is 1450. The fourth-order valence-electron chi connectivity index (χ4n) is 2.84. The van der Waals surface area contributed by atoms with Crippen molar-refractivity contribution >= 4 is 19.7 Å². The summed E-state index contributed by atoms with van der Waals surface area (Å²) in [6.45, 7) is 1.86. The first-order chi connectivity index (χ1) is 13.9. The van der Waals surface area contributed by atoms with Crippen LogP contribution in [0.3, 0.4) is 0 Å². The summed E-state index contributed by atoms with van der Waals surface area (Å²) in [4.78, 5) is 17.3. The molecule has 1 heterocycles. The molecule has 0 aliphatic rings. The molecule has 3 aromatic rings. The molecule has 0 bridgehead atoms. The third kappa shape index (κ3) is 4.03. The molecule has 30 heavy (non-hydrogen) atoms. The minimum absolute atomic E-state index is 0.0247. The molecule has 0 saturated heterocycles. The van der Waals surface area contributed by atoms with E-state index in [9.17, 15) is 26.9 Å². The van der Waals surface area contributed by atoms with Gasteiger partial charge in [0.05, 0.1) is 10.6 Å². The predicted molar refractivity (Wildman–Crippen MR) is 111 cm³/mol. The zero-order valence-corrected chi connectivity index (χ0v) is 18.0. The van der Waals surface area contributed by atoms with Gasteiger partial charge >= 0.3 is 0 Å². The molecule has 0 radical (unpaired) electrons. The van der Waals surface area contributed by atoms with Crippen molar-refractivity contribution in [3.63, 3.8) is 0 Å². The average Bonchev–Trinajstić information content (AvgIpc) is 2.67. The number of aryl methyl sites for hydroxylation is 1. The summed E-state index contributed by atoms with van der Waals surface area (Å²) < 4.78 is 49.0. The summed E-state index contributed by atoms with van der Waals surface area (Å²) in [5.74, 6) is -0.0247. The van der Waals surface area contributed by atoms with Gasteiger partial charge in [0.25, 0.3) is 5.56 Å². The zero-order valence-electron chi connectivity index (χ0n) is 16.3. The Labute approximate surface area is 173 Å². The summed E-state index contributed by atoms with van der Waals surface area (Å²) >= 11 is 0. The van der Waals surface area contributed by atoms with Crippen LogP contribution >= 0.6 is 0 Å². The molecule has 0 aliphatic heterocycles. The van der Waals surface area contributed by atoms with E-state index in [1.54, 1.807) is 30.3 Å². The van der Waals surface area contributed by atoms with Crippen LogP contribution < -0.4 is 5.56 Å². The van der Waals surface area contributed by atoms with Gasteiger partial charge in [0.1, 0.15) is 11.9 Å². The van der Waals surface area contributed by atoms with Crippen LogP contribution in [0.4, 0.5) is 0 Å². The molecule has 0 saturated carbocycles. The van der Waals surface area contributed by atoms with Crippen LogP contribution in [-0.4, -0.2) is 38.9 Å². The molecule has 2 aromatic carbocycles. The smallest absolute Gasteiger partial charge is 0.267 e. The van der Waals surface area contributed by atoms with E-state index in [4.69, 9.17) is 0 Å². The highest BCUT2D eigenvalue weighted by molar-refractivity contribution is 7.91. The topological polar surface area (TPSA) is 127 Å². The van der Waals surface area contributed by atoms with Crippen LogP contribution in [0.1, 0.15) is 11.1 Å². The molecule has 0 atom stereocenters. The van der Waals surface area contributed by atoms with Crippen molar-refractivity contribution < 1.29 is 16.8 Å². The summed E-state index contributed by atoms with van der Waals surface area (Å²) in [6.07, 6.45) is 1.92. The van der Waals surface area contributed by atoms with Gasteiger partial charge in [-0.05, 0) is 43.3 Å². The van der Waals surface area contributed by atoms with E-state index in [0.29, 0.717) is 11.3 Å². The van der Waals surface area contributed by atoms with E-state index >= 15 is 0 Å². The maximum atomic E-state index is 13.1. The highest BCUT2D eigenvalue weighted by Crippen LogP contribution is 2.24. The van der Waals surface area contributed by atoms with Gasteiger partial charge in [0, 0.05) is 18.1 Å². The highest BCUT2D eigenvalue weighted by atomic mass is 32.2. The Morgan fingerprint density at radius 3 is 1.93 bits per heavy atom. The Kier molecular flexibility index (Phi) is 5.36. The number of aromatic nitrogens is 2. The van der Waals surface area contributed by atoms with Gasteiger partial charge in [0.2, 0.25) is 0 Å². The van der Waals surface area contributed by atoms with Crippen molar-refractivity contribution in [3.05, 3.63) is 70.0 Å². The average molecular weight is 444 g/mol. The number of hydrogen-bond acceptors (Lipinski definition) is 7. The zero-order chi connectivity index (χ0) is 22.3. The normalized spacial score (nSPS) is 11.8. The molecule has 154 valence electrons. The molecule has 0 unspecified atom stereocenters. The van der Waals surface area contributed by atoms with Gasteiger partial charge in [0.15, 0.2) is 30.3 Å². The molecule has 0 N–H and O–H groups in total. The van der Waals surface area contributed by atoms with Crippen LogP contribution in [0.2, 0.25) is 0 Å². The minimum Gasteiger partial charge on any atom is -0.267 e. The quantitative estimate of drug-likeness (QED) is 0.563. The fourth-order valence-corrected chi connectivity index (χ4v) is 4.23. The molecule has 3 rings (SSSR count). The van der Waals surface area contributed by atoms with Gasteiger partial charge in [-0.1, -0.05) is 17.7 Å². The standard InChI is InChI=1S/C20H17N3O5S2/c1-13-4-8-15(9-5-13)23-18(14-6-10-16(11-7-14)29(2,25)26)22-19(30(3,27)28)17(12-21)20(23)24/h4-11H,1-3H3. The van der Waals surface area contributed by atoms with E-state index < -0.39 is 35.8 Å². The van der Waals surface area contributed by atoms with E-state index in [-0.39, 0.29) is 10.7 Å². The largest absolute Gasteiger partial charge is 0.277 e. The second-order valence-electron chi connectivity index (χ2n) is 6.77. The second kappa shape index (κ2) is 7.51. The summed E-state index contributed by atoms with van der Waals surface area (Å²) in [5, 5.41) is 8.81. The van der Waals surface area contributed by atoms with Crippen molar-refractivity contribution in [1.29, 1.82) is 5.26 Å². The van der Waals surface area contributed by atoms with Gasteiger partial charge in [-0.15, -0.1) is 0 Å². The van der Waals surface area contributed by atoms with Gasteiger partial charge in [-0.2, -0.15) is 5.26 Å². The van der Waals surface area contributed by atoms with E-state index in [2.05, 4.69) is 4.98 Å². The van der Waals surface area contributed by atoms with Gasteiger partial charge < -0.3 is 0 Å². The van der Waals surface area contributed by atoms with Crippen LogP contribution in [0, 0.1) is 18.3 Å². The molecule has 10 heteroatoms. The third-order valence-electron chi connectivity index (χ3n) is 4.35. The molecular weight excluding hydrogens is 426 g/mol. The monoisotopic (exact) mass is 443 g/mol. The first-order valence-corrected chi connectivity index (χ1v) is 12.4. The van der Waals surface area contributed by atoms with E-state index in [1.165, 1.54) is 24.3 Å². The lowest BCUT2D eigenvalue weighted by Gasteiger charge is -2.15. The van der Waals surface area contributed by atoms with Crippen molar-refractivity contribution in [3.8, 4) is 23.1 Å². The molecule has 0 fully saturated rings. The fraction of sp³-hybridized carbons (Fsp3) is 0.150. The Morgan fingerprint density at radius 1 is 0.900 bits per heavy atom. The van der Waals surface area contributed by atoms with Crippen molar-refractivity contribution in [2.75, 3.05) is 12.5 Å². The van der Waals surface area contributed by atoms with Gasteiger partial charge in [-0.3, -0.25) is 9.36 Å². The lowest BCUT2D eigenvalue weighted by Crippen LogP contribution is -2.27. The maximum Gasteiger partial charge on any atom is 0.277 e. The number of hydrogen-bond donors (Lipinski definition) is 0. The number of sulfone groups is 2. The molecule has 1 aromatic heterocycles. The van der Waals surface area contributed by atoms with Crippen LogP contribution in [-0.2, 0) is 19.7 Å². The molecule has 0 aliphatic carbocycles. The number of benzene rings is 2. The van der Waals surface area contributed by atoms with Crippen LogP contribution in [0.15, 0.2) is 63.2 Å². The Hall–Kier alpha value is -3.29. The predicted octanol–water partition coefficient (Wildman–Crippen LogP) is 1.89. The van der Waals surface area contributed by atoms with Crippen molar-refractivity contribution in [2.24, 2.45) is 0 Å². The lowest BCUT2D eigenvalue weighted by atomic mass is 10.1. The minimum atomic E-state index is -3.98. The summed E-state index contributed by atoms with van der Waals surface area (Å²) in [5.41, 5.74) is 0.215. The molecular formula is C20H17N3O5S2. The molecule has 8 nitrogen and oxygen atoms in total. The summed E-state index contributed by atoms with van der Waals surface area (Å²) in [7, 11) is -7.43. The number of nitriles is 1. The van der Waals surface area contributed by atoms with Crippen LogP contribution in [0.5, 0.6) is 0 Å². The molecule has 0 amide bonds. The second-order valence-corrected chi connectivity index (χ2v) is 10.7. The number of rotatable bonds is 4. The molecule has 0 spiro atoms. The van der Waals surface area contributed by atoms with Crippen LogP contribution in [0.25, 0.3) is 17.1 Å². The SMILES string of the molecule is Cc1ccc(-n2c(-c3ccc(S(C)(=O)=O)cc3)nc(S(C)(=O)=O)c(C#N)c2=O)cc1. The summed E-state index contributed by atoms with van der Waals surface area (Å²) in [6, 6.07) is 14.0. The van der Waals surface area contributed by atoms with E-state index in [0.717, 1.165) is 22.6 Å². The Morgan fingerprint density at radius 2 is 1.47 bits per heavy atom. The maximum absolute atomic E-state index is 13.1. The first-order valence-electron chi connectivity index (χ1n) is 8.58. The van der Waals surface area contributed by atoms with Crippen molar-refractivity contribution in [2.45, 2.75) is 16.8 Å². The highest BCUT2D eigenvalue weighted by Gasteiger charge is 2.25. The van der Waals surface area contributed by atoms with E-state index in [1.807, 2.05) is 6.92 Å². The number of nitrogens with zero attached hydrogens (tertiary/aromatic N) is 3. The van der Waals surface area contributed by atoms with Crippen molar-refractivity contribution in [1.82, 2.24) is 9.55 Å². The Balaban J connectivity index is 2.43. The third-order valence-corrected chi connectivity index (χ3v) is 6.47. The lowest BCUT2D eigenvalue weighted by molar-refractivity contribution is 0.596. The first kappa shape index (κ1) is 21.4.